The highest BCUT2D eigenvalue weighted by Gasteiger charge is 2.23. The number of rotatable bonds is 7. The second-order valence-corrected chi connectivity index (χ2v) is 8.43. The molecule has 2 aromatic carbocycles. The van der Waals surface area contributed by atoms with Crippen LogP contribution in [-0.2, 0) is 16.0 Å². The molecule has 7 heteroatoms. The monoisotopic (exact) mass is 457 g/mol. The molecule has 0 aliphatic carbocycles. The van der Waals surface area contributed by atoms with Gasteiger partial charge in [0.2, 0.25) is 11.8 Å². The number of benzene rings is 2. The fraction of sp³-hybridized carbons (Fsp3) is 0.333. The lowest BCUT2D eigenvalue weighted by molar-refractivity contribution is -0.139. The van der Waals surface area contributed by atoms with Crippen LogP contribution >= 0.6 is 0 Å². The van der Waals surface area contributed by atoms with E-state index in [2.05, 4.69) is 15.1 Å². The first-order chi connectivity index (χ1) is 16.6. The van der Waals surface area contributed by atoms with Crippen LogP contribution in [0.5, 0.6) is 0 Å². The van der Waals surface area contributed by atoms with E-state index in [1.165, 1.54) is 0 Å². The SMILES string of the molecule is CCN(CC(=O)N1CCCN(c2ccc(-c3ccccc3)nn2)CC1)C(=O)Cc1ccccc1. The topological polar surface area (TPSA) is 69.6 Å². The van der Waals surface area contributed by atoms with Crippen molar-refractivity contribution in [1.82, 2.24) is 20.0 Å². The lowest BCUT2D eigenvalue weighted by Gasteiger charge is -2.26. The van der Waals surface area contributed by atoms with Crippen molar-refractivity contribution in [3.8, 4) is 11.3 Å². The molecule has 2 heterocycles. The molecule has 0 bridgehead atoms. The van der Waals surface area contributed by atoms with Gasteiger partial charge in [-0.2, -0.15) is 0 Å². The number of carbonyl (C=O) groups excluding carboxylic acids is 2. The van der Waals surface area contributed by atoms with Crippen molar-refractivity contribution >= 4 is 17.6 Å². The first-order valence-electron chi connectivity index (χ1n) is 11.9. The molecule has 3 aromatic rings. The third-order valence-electron chi connectivity index (χ3n) is 6.15. The standard InChI is InChI=1S/C27H31N5O2/c1-2-30(26(33)20-22-10-5-3-6-11-22)21-27(34)32-17-9-16-31(18-19-32)25-15-14-24(28-29-25)23-12-7-4-8-13-23/h3-8,10-15H,2,9,16-21H2,1H3. The fourth-order valence-electron chi connectivity index (χ4n) is 4.17. The van der Waals surface area contributed by atoms with E-state index in [4.69, 9.17) is 0 Å². The molecular weight excluding hydrogens is 426 g/mol. The van der Waals surface area contributed by atoms with Crippen molar-refractivity contribution in [2.75, 3.05) is 44.2 Å². The molecule has 0 spiro atoms. The number of hydrogen-bond acceptors (Lipinski definition) is 5. The Labute approximate surface area is 201 Å². The molecule has 1 aliphatic rings. The summed E-state index contributed by atoms with van der Waals surface area (Å²) in [6.07, 6.45) is 1.16. The molecule has 1 fully saturated rings. The summed E-state index contributed by atoms with van der Waals surface area (Å²) in [7, 11) is 0. The molecule has 0 saturated carbocycles. The van der Waals surface area contributed by atoms with Crippen LogP contribution in [0, 0.1) is 0 Å². The van der Waals surface area contributed by atoms with Gasteiger partial charge in [0.25, 0.3) is 0 Å². The number of likely N-dealkylation sites (N-methyl/N-ethyl adjacent to an activating group) is 1. The Bertz CT molecular complexity index is 1070. The van der Waals surface area contributed by atoms with Crippen molar-refractivity contribution in [2.24, 2.45) is 0 Å². The molecule has 2 amide bonds. The molecule has 176 valence electrons. The largest absolute Gasteiger partial charge is 0.353 e. The minimum Gasteiger partial charge on any atom is -0.353 e. The Morgan fingerprint density at radius 1 is 0.853 bits per heavy atom. The summed E-state index contributed by atoms with van der Waals surface area (Å²) in [6, 6.07) is 23.6. The summed E-state index contributed by atoms with van der Waals surface area (Å²) in [5.41, 5.74) is 2.84. The Balaban J connectivity index is 1.32. The summed E-state index contributed by atoms with van der Waals surface area (Å²) in [6.45, 7) is 5.33. The molecular formula is C27H31N5O2. The van der Waals surface area contributed by atoms with E-state index in [1.54, 1.807) is 4.90 Å². The first-order valence-corrected chi connectivity index (χ1v) is 11.9. The van der Waals surface area contributed by atoms with E-state index < -0.39 is 0 Å². The second kappa shape index (κ2) is 11.4. The van der Waals surface area contributed by atoms with E-state index in [0.717, 1.165) is 35.6 Å². The predicted molar refractivity (Wildman–Crippen MR) is 133 cm³/mol. The van der Waals surface area contributed by atoms with Gasteiger partial charge in [-0.3, -0.25) is 9.59 Å². The number of carbonyl (C=O) groups is 2. The van der Waals surface area contributed by atoms with Crippen molar-refractivity contribution in [3.05, 3.63) is 78.4 Å². The van der Waals surface area contributed by atoms with Gasteiger partial charge in [-0.15, -0.1) is 10.2 Å². The molecule has 0 unspecified atom stereocenters. The number of aromatic nitrogens is 2. The molecule has 4 rings (SSSR count). The van der Waals surface area contributed by atoms with Gasteiger partial charge in [0.05, 0.1) is 18.7 Å². The van der Waals surface area contributed by atoms with Crippen molar-refractivity contribution in [3.63, 3.8) is 0 Å². The minimum atomic E-state index is -0.0210. The Hall–Kier alpha value is -3.74. The van der Waals surface area contributed by atoms with Crippen LogP contribution in [-0.4, -0.2) is 71.1 Å². The molecule has 0 N–H and O–H groups in total. The molecule has 1 aromatic heterocycles. The third kappa shape index (κ3) is 5.98. The second-order valence-electron chi connectivity index (χ2n) is 8.43. The summed E-state index contributed by atoms with van der Waals surface area (Å²) < 4.78 is 0. The van der Waals surface area contributed by atoms with Crippen LogP contribution in [0.25, 0.3) is 11.3 Å². The molecule has 1 aliphatic heterocycles. The Kier molecular flexibility index (Phi) is 7.86. The van der Waals surface area contributed by atoms with E-state index in [9.17, 15) is 9.59 Å². The van der Waals surface area contributed by atoms with E-state index in [1.807, 2.05) is 84.6 Å². The van der Waals surface area contributed by atoms with Gasteiger partial charge < -0.3 is 14.7 Å². The highest BCUT2D eigenvalue weighted by molar-refractivity contribution is 5.86. The maximum atomic E-state index is 13.0. The van der Waals surface area contributed by atoms with Crippen LogP contribution in [0.2, 0.25) is 0 Å². The Morgan fingerprint density at radius 3 is 2.26 bits per heavy atom. The van der Waals surface area contributed by atoms with Crippen molar-refractivity contribution in [1.29, 1.82) is 0 Å². The van der Waals surface area contributed by atoms with E-state index >= 15 is 0 Å². The van der Waals surface area contributed by atoms with Gasteiger partial charge >= 0.3 is 0 Å². The van der Waals surface area contributed by atoms with Gasteiger partial charge in [0.15, 0.2) is 5.82 Å². The van der Waals surface area contributed by atoms with E-state index in [-0.39, 0.29) is 18.4 Å². The number of anilines is 1. The zero-order valence-corrected chi connectivity index (χ0v) is 19.6. The highest BCUT2D eigenvalue weighted by Crippen LogP contribution is 2.19. The van der Waals surface area contributed by atoms with Gasteiger partial charge in [0.1, 0.15) is 0 Å². The third-order valence-corrected chi connectivity index (χ3v) is 6.15. The summed E-state index contributed by atoms with van der Waals surface area (Å²) in [4.78, 5) is 31.4. The average Bonchev–Trinajstić information content (AvgIpc) is 3.15. The molecule has 1 saturated heterocycles. The molecule has 0 radical (unpaired) electrons. The quantitative estimate of drug-likeness (QED) is 0.545. The van der Waals surface area contributed by atoms with Gasteiger partial charge in [-0.05, 0) is 31.0 Å². The lowest BCUT2D eigenvalue weighted by Crippen LogP contribution is -2.44. The normalized spacial score (nSPS) is 13.9. The van der Waals surface area contributed by atoms with Crippen LogP contribution in [0.1, 0.15) is 18.9 Å². The van der Waals surface area contributed by atoms with E-state index in [0.29, 0.717) is 32.6 Å². The summed E-state index contributed by atoms with van der Waals surface area (Å²) >= 11 is 0. The maximum absolute atomic E-state index is 13.0. The van der Waals surface area contributed by atoms with Crippen molar-refractivity contribution in [2.45, 2.75) is 19.8 Å². The van der Waals surface area contributed by atoms with Crippen LogP contribution in [0.3, 0.4) is 0 Å². The predicted octanol–water partition coefficient (Wildman–Crippen LogP) is 3.27. The molecule has 7 nitrogen and oxygen atoms in total. The number of amides is 2. The summed E-state index contributed by atoms with van der Waals surface area (Å²) in [5, 5.41) is 8.83. The van der Waals surface area contributed by atoms with Crippen LogP contribution < -0.4 is 4.90 Å². The smallest absolute Gasteiger partial charge is 0.242 e. The fourth-order valence-corrected chi connectivity index (χ4v) is 4.17. The Morgan fingerprint density at radius 2 is 1.59 bits per heavy atom. The van der Waals surface area contributed by atoms with Crippen LogP contribution in [0.4, 0.5) is 5.82 Å². The summed E-state index contributed by atoms with van der Waals surface area (Å²) in [5.74, 6) is 0.796. The van der Waals surface area contributed by atoms with Crippen LogP contribution in [0.15, 0.2) is 72.8 Å². The van der Waals surface area contributed by atoms with Gasteiger partial charge in [-0.1, -0.05) is 60.7 Å². The number of hydrogen-bond donors (Lipinski definition) is 0. The lowest BCUT2D eigenvalue weighted by atomic mass is 10.1. The molecule has 34 heavy (non-hydrogen) atoms. The van der Waals surface area contributed by atoms with Gasteiger partial charge in [-0.25, -0.2) is 0 Å². The maximum Gasteiger partial charge on any atom is 0.242 e. The molecule has 0 atom stereocenters. The highest BCUT2D eigenvalue weighted by atomic mass is 16.2. The zero-order chi connectivity index (χ0) is 23.8. The van der Waals surface area contributed by atoms with Crippen molar-refractivity contribution < 1.29 is 9.59 Å². The van der Waals surface area contributed by atoms with Gasteiger partial charge in [0, 0.05) is 38.3 Å². The number of nitrogens with zero attached hydrogens (tertiary/aromatic N) is 5. The minimum absolute atomic E-state index is 0.00405. The average molecular weight is 458 g/mol. The zero-order valence-electron chi connectivity index (χ0n) is 19.6. The first kappa shape index (κ1) is 23.4.